The fraction of sp³-hybridized carbons (Fsp3) is 0.267. The molecule has 2 aliphatic carbocycles. The molecule has 53 heavy (non-hydrogen) atoms. The fourth-order valence-corrected chi connectivity index (χ4v) is 7.61. The molecule has 3 N–H and O–H groups in total. The normalized spacial score (nSPS) is 21.7. The third-order valence-corrected chi connectivity index (χ3v) is 10.5. The van der Waals surface area contributed by atoms with Crippen molar-refractivity contribution in [3.05, 3.63) is 145 Å². The number of hydrogen-bond donors (Lipinski definition) is 3. The Bertz CT molecular complexity index is 2140. The Morgan fingerprint density at radius 1 is 0.906 bits per heavy atom. The molecule has 5 aromatic rings. The minimum Gasteiger partial charge on any atom is -0.497 e. The van der Waals surface area contributed by atoms with Crippen LogP contribution in [0, 0.1) is 11.8 Å². The number of aryl methyl sites for hydroxylation is 2. The average molecular weight is 707 g/mol. The van der Waals surface area contributed by atoms with Gasteiger partial charge in [-0.3, -0.25) is 9.59 Å². The standard InChI is InChI=1S/C45H46N4O4/c1-5-34-28-45(34,29(2)46-35-18-12-15-32(23-35)20-19-31-13-8-6-9-14-31)49-44(51)39-24-37(26-42(39)47-30(3)50)53-43-27-40(33-16-10-7-11-17-33)48-41-25-36(52-4)21-22-38(41)43/h5-18,21-23,25,27,34,37,39,42,46H,1-2,19-20,24,26,28H2,3-4H3,(H,47,50)(H,49,51)/t34-,37-,39-,42+,45+/m1/s1. The molecule has 2 aliphatic rings. The molecule has 5 atom stereocenters. The number of methoxy groups -OCH3 is 1. The molecule has 0 spiro atoms. The van der Waals surface area contributed by atoms with Crippen LogP contribution in [0.2, 0.25) is 0 Å². The average Bonchev–Trinajstić information content (AvgIpc) is 3.76. The molecule has 1 heterocycles. The second kappa shape index (κ2) is 15.4. The Hall–Kier alpha value is -5.89. The number of rotatable bonds is 14. The largest absolute Gasteiger partial charge is 0.497 e. The van der Waals surface area contributed by atoms with Crippen molar-refractivity contribution in [2.24, 2.45) is 11.8 Å². The third kappa shape index (κ3) is 7.97. The van der Waals surface area contributed by atoms with Gasteiger partial charge in [0.2, 0.25) is 11.8 Å². The van der Waals surface area contributed by atoms with Gasteiger partial charge < -0.3 is 25.4 Å². The lowest BCUT2D eigenvalue weighted by Crippen LogP contribution is -2.49. The van der Waals surface area contributed by atoms with Gasteiger partial charge in [0.1, 0.15) is 17.6 Å². The molecule has 2 saturated carbocycles. The lowest BCUT2D eigenvalue weighted by Gasteiger charge is -2.27. The minimum atomic E-state index is -0.691. The summed E-state index contributed by atoms with van der Waals surface area (Å²) in [5, 5.41) is 10.7. The first-order valence-electron chi connectivity index (χ1n) is 18.3. The van der Waals surface area contributed by atoms with E-state index in [2.05, 4.69) is 65.5 Å². The fourth-order valence-electron chi connectivity index (χ4n) is 7.61. The zero-order valence-electron chi connectivity index (χ0n) is 30.3. The van der Waals surface area contributed by atoms with Gasteiger partial charge in [-0.05, 0) is 61.1 Å². The van der Waals surface area contributed by atoms with E-state index in [1.807, 2.05) is 78.9 Å². The maximum Gasteiger partial charge on any atom is 0.226 e. The van der Waals surface area contributed by atoms with Crippen molar-refractivity contribution in [1.29, 1.82) is 0 Å². The van der Waals surface area contributed by atoms with E-state index in [0.29, 0.717) is 36.5 Å². The van der Waals surface area contributed by atoms with Gasteiger partial charge in [-0.15, -0.1) is 6.58 Å². The monoisotopic (exact) mass is 706 g/mol. The zero-order chi connectivity index (χ0) is 37.0. The van der Waals surface area contributed by atoms with Crippen molar-refractivity contribution in [1.82, 2.24) is 15.6 Å². The summed E-state index contributed by atoms with van der Waals surface area (Å²) in [6.07, 6.45) is 5.00. The van der Waals surface area contributed by atoms with Crippen LogP contribution in [-0.4, -0.2) is 41.6 Å². The number of fused-ring (bicyclic) bond motifs is 1. The molecule has 2 amide bonds. The number of benzene rings is 4. The highest BCUT2D eigenvalue weighted by molar-refractivity contribution is 5.89. The SMILES string of the molecule is C=C[C@@H]1C[C@]1(NC(=O)[C@@H]1C[C@@H](Oc2cc(-c3ccccc3)nc3cc(OC)ccc23)C[C@@H]1NC(C)=O)C(=C)Nc1cccc(CCc2ccccc2)c1. The zero-order valence-corrected chi connectivity index (χ0v) is 30.3. The maximum atomic E-state index is 14.3. The maximum absolute atomic E-state index is 14.3. The van der Waals surface area contributed by atoms with Crippen molar-refractivity contribution < 1.29 is 19.1 Å². The number of anilines is 1. The Kier molecular flexibility index (Phi) is 10.3. The number of carbonyl (C=O) groups is 2. The third-order valence-electron chi connectivity index (χ3n) is 10.5. The van der Waals surface area contributed by atoms with Gasteiger partial charge in [0.15, 0.2) is 0 Å². The second-order valence-electron chi connectivity index (χ2n) is 14.2. The van der Waals surface area contributed by atoms with E-state index in [1.165, 1.54) is 18.1 Å². The highest BCUT2D eigenvalue weighted by atomic mass is 16.5. The Balaban J connectivity index is 1.08. The van der Waals surface area contributed by atoms with E-state index in [9.17, 15) is 9.59 Å². The van der Waals surface area contributed by atoms with Crippen LogP contribution in [0.3, 0.4) is 0 Å². The number of amides is 2. The van der Waals surface area contributed by atoms with Crippen molar-refractivity contribution in [3.8, 4) is 22.8 Å². The quantitative estimate of drug-likeness (QED) is 0.101. The summed E-state index contributed by atoms with van der Waals surface area (Å²) in [5.74, 6) is 0.540. The summed E-state index contributed by atoms with van der Waals surface area (Å²) in [4.78, 5) is 31.6. The summed E-state index contributed by atoms with van der Waals surface area (Å²) in [6, 6.07) is 36.0. The molecular weight excluding hydrogens is 661 g/mol. The van der Waals surface area contributed by atoms with Crippen LogP contribution in [0.1, 0.15) is 37.3 Å². The van der Waals surface area contributed by atoms with Crippen LogP contribution in [-0.2, 0) is 22.4 Å². The van der Waals surface area contributed by atoms with Gasteiger partial charge >= 0.3 is 0 Å². The Morgan fingerprint density at radius 2 is 1.64 bits per heavy atom. The number of pyridine rings is 1. The van der Waals surface area contributed by atoms with Crippen LogP contribution >= 0.6 is 0 Å². The van der Waals surface area contributed by atoms with Gasteiger partial charge in [-0.2, -0.15) is 0 Å². The molecule has 0 unspecified atom stereocenters. The first kappa shape index (κ1) is 35.5. The van der Waals surface area contributed by atoms with Crippen molar-refractivity contribution >= 4 is 28.4 Å². The van der Waals surface area contributed by atoms with E-state index in [4.69, 9.17) is 14.5 Å². The number of carbonyl (C=O) groups excluding carboxylic acids is 2. The van der Waals surface area contributed by atoms with Crippen molar-refractivity contribution in [2.45, 2.75) is 56.7 Å². The van der Waals surface area contributed by atoms with Gasteiger partial charge in [0.05, 0.1) is 29.8 Å². The van der Waals surface area contributed by atoms with E-state index < -0.39 is 17.5 Å². The summed E-state index contributed by atoms with van der Waals surface area (Å²) in [5.41, 5.74) is 5.93. The van der Waals surface area contributed by atoms with Crippen LogP contribution in [0.25, 0.3) is 22.2 Å². The molecule has 2 fully saturated rings. The molecule has 0 bridgehead atoms. The topological polar surface area (TPSA) is 102 Å². The van der Waals surface area contributed by atoms with Crippen LogP contribution in [0.4, 0.5) is 5.69 Å². The number of ether oxygens (including phenoxy) is 2. The van der Waals surface area contributed by atoms with E-state index in [1.54, 1.807) is 7.11 Å². The Morgan fingerprint density at radius 3 is 2.36 bits per heavy atom. The van der Waals surface area contributed by atoms with E-state index in [0.717, 1.165) is 40.7 Å². The molecular formula is C45H46N4O4. The number of nitrogens with one attached hydrogen (secondary N) is 3. The van der Waals surface area contributed by atoms with Crippen LogP contribution < -0.4 is 25.4 Å². The smallest absolute Gasteiger partial charge is 0.226 e. The van der Waals surface area contributed by atoms with Gasteiger partial charge in [-0.25, -0.2) is 4.98 Å². The van der Waals surface area contributed by atoms with E-state index >= 15 is 0 Å². The summed E-state index contributed by atoms with van der Waals surface area (Å²) in [6.45, 7) is 9.94. The van der Waals surface area contributed by atoms with Crippen molar-refractivity contribution in [3.63, 3.8) is 0 Å². The number of hydrogen-bond acceptors (Lipinski definition) is 6. The molecule has 1 aromatic heterocycles. The lowest BCUT2D eigenvalue weighted by atomic mass is 10.00. The summed E-state index contributed by atoms with van der Waals surface area (Å²) < 4.78 is 12.2. The highest BCUT2D eigenvalue weighted by Gasteiger charge is 2.57. The van der Waals surface area contributed by atoms with Crippen LogP contribution in [0.15, 0.2) is 134 Å². The molecule has 0 radical (unpaired) electrons. The van der Waals surface area contributed by atoms with E-state index in [-0.39, 0.29) is 23.8 Å². The van der Waals surface area contributed by atoms with Gasteiger partial charge in [0, 0.05) is 59.8 Å². The van der Waals surface area contributed by atoms with Crippen LogP contribution in [0.5, 0.6) is 11.5 Å². The van der Waals surface area contributed by atoms with Crippen molar-refractivity contribution in [2.75, 3.05) is 12.4 Å². The molecule has 270 valence electrons. The summed E-state index contributed by atoms with van der Waals surface area (Å²) >= 11 is 0. The molecule has 0 aliphatic heterocycles. The second-order valence-corrected chi connectivity index (χ2v) is 14.2. The first-order chi connectivity index (χ1) is 25.7. The molecule has 8 nitrogen and oxygen atoms in total. The predicted octanol–water partition coefficient (Wildman–Crippen LogP) is 8.04. The molecule has 7 rings (SSSR count). The minimum absolute atomic E-state index is 0.0250. The van der Waals surface area contributed by atoms with Gasteiger partial charge in [0.25, 0.3) is 0 Å². The Labute approximate surface area is 311 Å². The number of nitrogens with zero attached hydrogens (tertiary/aromatic N) is 1. The lowest BCUT2D eigenvalue weighted by molar-refractivity contribution is -0.127. The first-order valence-corrected chi connectivity index (χ1v) is 18.3. The predicted molar refractivity (Wildman–Crippen MR) is 211 cm³/mol. The summed E-state index contributed by atoms with van der Waals surface area (Å²) in [7, 11) is 1.63. The molecule has 0 saturated heterocycles. The molecule has 4 aromatic carbocycles. The molecule has 8 heteroatoms. The van der Waals surface area contributed by atoms with Gasteiger partial charge in [-0.1, -0.05) is 85.5 Å². The number of aromatic nitrogens is 1. The highest BCUT2D eigenvalue weighted by Crippen LogP contribution is 2.50.